The summed E-state index contributed by atoms with van der Waals surface area (Å²) < 4.78 is 30.4. The minimum Gasteiger partial charge on any atom is -0.309 e. The van der Waals surface area contributed by atoms with E-state index in [9.17, 15) is 8.42 Å². The van der Waals surface area contributed by atoms with E-state index in [-0.39, 0.29) is 17.8 Å². The summed E-state index contributed by atoms with van der Waals surface area (Å²) in [4.78, 5) is 4.17. The Hall–Kier alpha value is -2.29. The first-order valence-electron chi connectivity index (χ1n) is 9.59. The molecule has 0 amide bonds. The van der Waals surface area contributed by atoms with Gasteiger partial charge in [-0.25, -0.2) is 8.42 Å². The summed E-state index contributed by atoms with van der Waals surface area (Å²) in [6.07, 6.45) is 5.74. The standard InChI is InChI=1S/C20H20ClN5O2S/c21-16-5-3-14(4-6-16)13-29(27,28)26-17-7-8-18(26)12-25-19(10-17)23-24-20(25)15-2-1-9-22-11-15/h1-6,9,11,17-18H,7-8,10,12-13H2. The fraction of sp³-hybridized carbons (Fsp3) is 0.350. The van der Waals surface area contributed by atoms with Crippen LogP contribution in [-0.4, -0.2) is 44.6 Å². The summed E-state index contributed by atoms with van der Waals surface area (Å²) in [6.45, 7) is 0.558. The van der Waals surface area contributed by atoms with Crippen molar-refractivity contribution in [2.45, 2.75) is 43.6 Å². The van der Waals surface area contributed by atoms with Crippen LogP contribution in [0, 0.1) is 0 Å². The van der Waals surface area contributed by atoms with Gasteiger partial charge in [-0.2, -0.15) is 4.31 Å². The van der Waals surface area contributed by atoms with Crippen LogP contribution in [0.3, 0.4) is 0 Å². The van der Waals surface area contributed by atoms with Gasteiger partial charge in [0.1, 0.15) is 5.82 Å². The predicted molar refractivity (Wildman–Crippen MR) is 110 cm³/mol. The minimum atomic E-state index is -3.47. The van der Waals surface area contributed by atoms with E-state index in [1.165, 1.54) is 0 Å². The third-order valence-corrected chi connectivity index (χ3v) is 7.88. The zero-order valence-corrected chi connectivity index (χ0v) is 17.2. The molecule has 2 aliphatic heterocycles. The van der Waals surface area contributed by atoms with Crippen molar-refractivity contribution in [3.63, 3.8) is 0 Å². The molecule has 0 N–H and O–H groups in total. The van der Waals surface area contributed by atoms with E-state index in [0.717, 1.165) is 35.6 Å². The lowest BCUT2D eigenvalue weighted by Crippen LogP contribution is -2.42. The van der Waals surface area contributed by atoms with E-state index in [0.29, 0.717) is 18.0 Å². The van der Waals surface area contributed by atoms with Crippen LogP contribution in [0.2, 0.25) is 5.02 Å². The van der Waals surface area contributed by atoms with Crippen LogP contribution in [0.1, 0.15) is 24.2 Å². The second-order valence-electron chi connectivity index (χ2n) is 7.59. The maximum atomic E-state index is 13.3. The molecule has 1 aromatic carbocycles. The molecule has 0 aliphatic carbocycles. The van der Waals surface area contributed by atoms with Crippen molar-refractivity contribution in [3.8, 4) is 11.4 Å². The number of rotatable bonds is 4. The van der Waals surface area contributed by atoms with Crippen molar-refractivity contribution in [3.05, 3.63) is 65.2 Å². The number of halogens is 1. The third-order valence-electron chi connectivity index (χ3n) is 5.70. The van der Waals surface area contributed by atoms with Crippen molar-refractivity contribution in [2.75, 3.05) is 0 Å². The fourth-order valence-corrected chi connectivity index (χ4v) is 6.58. The van der Waals surface area contributed by atoms with Crippen molar-refractivity contribution in [1.82, 2.24) is 24.1 Å². The van der Waals surface area contributed by atoms with Crippen LogP contribution in [0.5, 0.6) is 0 Å². The molecule has 2 unspecified atom stereocenters. The number of fused-ring (bicyclic) bond motifs is 3. The quantitative estimate of drug-likeness (QED) is 0.637. The first-order chi connectivity index (χ1) is 14.0. The molecule has 2 atom stereocenters. The van der Waals surface area contributed by atoms with Crippen LogP contribution >= 0.6 is 11.6 Å². The Labute approximate surface area is 174 Å². The molecule has 0 spiro atoms. The Bertz CT molecular complexity index is 1130. The van der Waals surface area contributed by atoms with Gasteiger partial charge in [0, 0.05) is 48.0 Å². The fourth-order valence-electron chi connectivity index (χ4n) is 4.43. The van der Waals surface area contributed by atoms with Gasteiger partial charge in [0.25, 0.3) is 0 Å². The third kappa shape index (κ3) is 3.45. The zero-order valence-electron chi connectivity index (χ0n) is 15.6. The average Bonchev–Trinajstić information content (AvgIpc) is 3.24. The summed E-state index contributed by atoms with van der Waals surface area (Å²) in [7, 11) is -3.47. The Morgan fingerprint density at radius 2 is 1.86 bits per heavy atom. The molecule has 1 saturated heterocycles. The van der Waals surface area contributed by atoms with Gasteiger partial charge in [-0.3, -0.25) is 4.98 Å². The van der Waals surface area contributed by atoms with Crippen LogP contribution in [0.15, 0.2) is 48.8 Å². The molecule has 7 nitrogen and oxygen atoms in total. The van der Waals surface area contributed by atoms with Gasteiger partial charge < -0.3 is 4.57 Å². The molecular formula is C20H20ClN5O2S. The van der Waals surface area contributed by atoms with Crippen molar-refractivity contribution in [1.29, 1.82) is 0 Å². The van der Waals surface area contributed by atoms with Gasteiger partial charge in [-0.15, -0.1) is 10.2 Å². The highest BCUT2D eigenvalue weighted by Gasteiger charge is 2.44. The van der Waals surface area contributed by atoms with Crippen molar-refractivity contribution >= 4 is 21.6 Å². The molecule has 2 aromatic heterocycles. The highest BCUT2D eigenvalue weighted by molar-refractivity contribution is 7.88. The monoisotopic (exact) mass is 429 g/mol. The highest BCUT2D eigenvalue weighted by Crippen LogP contribution is 2.36. The van der Waals surface area contributed by atoms with E-state index >= 15 is 0 Å². The second-order valence-corrected chi connectivity index (χ2v) is 9.90. The van der Waals surface area contributed by atoms with Crippen LogP contribution < -0.4 is 0 Å². The summed E-state index contributed by atoms with van der Waals surface area (Å²) in [5.74, 6) is 1.56. The van der Waals surface area contributed by atoms with E-state index in [1.807, 2.05) is 12.1 Å². The smallest absolute Gasteiger partial charge is 0.218 e. The molecular weight excluding hydrogens is 410 g/mol. The first-order valence-corrected chi connectivity index (χ1v) is 11.6. The van der Waals surface area contributed by atoms with Crippen LogP contribution in [0.25, 0.3) is 11.4 Å². The lowest BCUT2D eigenvalue weighted by molar-refractivity contribution is 0.315. The van der Waals surface area contributed by atoms with E-state index < -0.39 is 10.0 Å². The van der Waals surface area contributed by atoms with E-state index in [4.69, 9.17) is 11.6 Å². The molecule has 0 saturated carbocycles. The van der Waals surface area contributed by atoms with Gasteiger partial charge in [0.2, 0.25) is 10.0 Å². The summed E-state index contributed by atoms with van der Waals surface area (Å²) in [6, 6.07) is 10.6. The predicted octanol–water partition coefficient (Wildman–Crippen LogP) is 2.91. The Balaban J connectivity index is 1.46. The zero-order chi connectivity index (χ0) is 20.0. The van der Waals surface area contributed by atoms with Gasteiger partial charge in [0.15, 0.2) is 5.82 Å². The summed E-state index contributed by atoms with van der Waals surface area (Å²) in [5, 5.41) is 9.33. The van der Waals surface area contributed by atoms with Gasteiger partial charge in [0.05, 0.1) is 5.75 Å². The Morgan fingerprint density at radius 3 is 2.62 bits per heavy atom. The van der Waals surface area contributed by atoms with E-state index in [1.54, 1.807) is 41.0 Å². The number of benzene rings is 1. The van der Waals surface area contributed by atoms with E-state index in [2.05, 4.69) is 19.7 Å². The Morgan fingerprint density at radius 1 is 1.07 bits per heavy atom. The molecule has 5 rings (SSSR count). The number of hydrogen-bond acceptors (Lipinski definition) is 5. The molecule has 0 radical (unpaired) electrons. The lowest BCUT2D eigenvalue weighted by Gasteiger charge is -2.27. The number of nitrogens with zero attached hydrogens (tertiary/aromatic N) is 5. The largest absolute Gasteiger partial charge is 0.309 e. The van der Waals surface area contributed by atoms with Crippen molar-refractivity contribution in [2.24, 2.45) is 0 Å². The van der Waals surface area contributed by atoms with Gasteiger partial charge in [-0.05, 0) is 42.7 Å². The molecule has 1 fully saturated rings. The van der Waals surface area contributed by atoms with Gasteiger partial charge >= 0.3 is 0 Å². The topological polar surface area (TPSA) is 81.0 Å². The molecule has 2 bridgehead atoms. The van der Waals surface area contributed by atoms with Gasteiger partial charge in [-0.1, -0.05) is 23.7 Å². The normalized spacial score (nSPS) is 21.7. The molecule has 9 heteroatoms. The maximum Gasteiger partial charge on any atom is 0.218 e. The molecule has 2 aliphatic rings. The number of aromatic nitrogens is 4. The number of hydrogen-bond donors (Lipinski definition) is 0. The molecule has 4 heterocycles. The maximum absolute atomic E-state index is 13.3. The average molecular weight is 430 g/mol. The number of pyridine rings is 1. The molecule has 3 aromatic rings. The molecule has 29 heavy (non-hydrogen) atoms. The first kappa shape index (κ1) is 18.7. The van der Waals surface area contributed by atoms with Crippen LogP contribution in [-0.2, 0) is 28.7 Å². The second kappa shape index (κ2) is 7.19. The Kier molecular flexibility index (Phi) is 4.64. The lowest BCUT2D eigenvalue weighted by atomic mass is 10.1. The van der Waals surface area contributed by atoms with Crippen LogP contribution in [0.4, 0.5) is 0 Å². The SMILES string of the molecule is O=S(=O)(Cc1ccc(Cl)cc1)N1C2CCC1Cn1c(nnc1-c1cccnc1)C2. The summed E-state index contributed by atoms with van der Waals surface area (Å²) >= 11 is 5.93. The summed E-state index contributed by atoms with van der Waals surface area (Å²) in [5.41, 5.74) is 1.63. The van der Waals surface area contributed by atoms with Crippen molar-refractivity contribution < 1.29 is 8.42 Å². The molecule has 150 valence electrons. The number of sulfonamides is 1. The highest BCUT2D eigenvalue weighted by atomic mass is 35.5. The minimum absolute atomic E-state index is 0.0206.